The topological polar surface area (TPSA) is 103 Å². The van der Waals surface area contributed by atoms with Crippen molar-refractivity contribution in [2.75, 3.05) is 0 Å². The van der Waals surface area contributed by atoms with E-state index >= 15 is 0 Å². The first kappa shape index (κ1) is 23.3. The number of carbonyl (C=O) groups is 3. The van der Waals surface area contributed by atoms with Gasteiger partial charge in [0.25, 0.3) is 5.91 Å². The molecule has 0 bridgehead atoms. The number of benzene rings is 2. The third-order valence-electron chi connectivity index (χ3n) is 5.76. The fourth-order valence-corrected chi connectivity index (χ4v) is 4.71. The van der Waals surface area contributed by atoms with Gasteiger partial charge < -0.3 is 15.0 Å². The Labute approximate surface area is 204 Å². The lowest BCUT2D eigenvalue weighted by molar-refractivity contribution is -0.122. The van der Waals surface area contributed by atoms with Crippen LogP contribution in [0.5, 0.6) is 0 Å². The summed E-state index contributed by atoms with van der Waals surface area (Å²) in [5.41, 5.74) is 1.81. The number of aryl methyl sites for hydroxylation is 1. The molecular weight excluding hydrogens is 489 g/mol. The van der Waals surface area contributed by atoms with Crippen molar-refractivity contribution in [2.24, 2.45) is 0 Å². The molecule has 2 heterocycles. The fraction of sp³-hybridized carbons (Fsp3) is 0.217. The number of imidazole rings is 1. The molecule has 2 N–H and O–H groups in total. The second-order valence-corrected chi connectivity index (χ2v) is 9.00. The van der Waals surface area contributed by atoms with E-state index in [2.05, 4.69) is 9.97 Å². The highest BCUT2D eigenvalue weighted by Crippen LogP contribution is 2.42. The van der Waals surface area contributed by atoms with E-state index in [9.17, 15) is 19.5 Å². The number of carbonyl (C=O) groups excluding carboxylic acids is 2. The van der Waals surface area contributed by atoms with E-state index < -0.39 is 24.0 Å². The molecule has 33 heavy (non-hydrogen) atoms. The summed E-state index contributed by atoms with van der Waals surface area (Å²) in [7, 11) is 0. The molecule has 0 saturated heterocycles. The van der Waals surface area contributed by atoms with Gasteiger partial charge in [-0.1, -0.05) is 46.9 Å². The monoisotopic (exact) mass is 505 g/mol. The summed E-state index contributed by atoms with van der Waals surface area (Å²) in [5.74, 6) is -2.24. The van der Waals surface area contributed by atoms with Gasteiger partial charge in [0.1, 0.15) is 6.04 Å². The van der Waals surface area contributed by atoms with E-state index in [4.69, 9.17) is 34.8 Å². The molecule has 0 saturated carbocycles. The highest BCUT2D eigenvalue weighted by Gasteiger charge is 2.44. The third-order valence-corrected chi connectivity index (χ3v) is 7.00. The molecule has 1 aromatic heterocycles. The standard InChI is InChI=1S/C23H18Cl3N3O4/c1-10-6-14(23(32)33)13(7-16(10)25)22(31)29-18(11(2)30)8-17-20(28-9-27-17)21(29)12-4-3-5-15(24)19(12)26/h3-7,9,18,21H,8H2,1-2H3,(H,27,28)(H,32,33)/t18-,21?/m0/s1. The third kappa shape index (κ3) is 4.01. The Morgan fingerprint density at radius 3 is 2.52 bits per heavy atom. The van der Waals surface area contributed by atoms with Gasteiger partial charge >= 0.3 is 5.97 Å². The number of carboxylic acids is 1. The number of nitrogens with zero attached hydrogens (tertiary/aromatic N) is 2. The molecule has 2 aromatic carbocycles. The average molecular weight is 507 g/mol. The number of fused-ring (bicyclic) bond motifs is 1. The predicted octanol–water partition coefficient (Wildman–Crippen LogP) is 5.12. The van der Waals surface area contributed by atoms with Crippen LogP contribution in [-0.4, -0.2) is 43.7 Å². The first-order chi connectivity index (χ1) is 15.6. The van der Waals surface area contributed by atoms with Gasteiger partial charge in [0.15, 0.2) is 5.78 Å². The SMILES string of the molecule is CC(=O)[C@@H]1Cc2[nH]cnc2C(c2cccc(Cl)c2Cl)N1C(=O)c1cc(Cl)c(C)cc1C(=O)O. The van der Waals surface area contributed by atoms with Crippen molar-refractivity contribution in [3.05, 3.63) is 85.4 Å². The molecule has 0 spiro atoms. The van der Waals surface area contributed by atoms with Gasteiger partial charge in [-0.15, -0.1) is 0 Å². The lowest BCUT2D eigenvalue weighted by Gasteiger charge is -2.41. The summed E-state index contributed by atoms with van der Waals surface area (Å²) in [6.45, 7) is 3.02. The molecular formula is C23H18Cl3N3O4. The van der Waals surface area contributed by atoms with Crippen molar-refractivity contribution < 1.29 is 19.5 Å². The molecule has 4 rings (SSSR count). The Morgan fingerprint density at radius 2 is 1.85 bits per heavy atom. The molecule has 1 aliphatic heterocycles. The number of aromatic amines is 1. The number of hydrogen-bond donors (Lipinski definition) is 2. The minimum absolute atomic E-state index is 0.133. The first-order valence-electron chi connectivity index (χ1n) is 9.94. The van der Waals surface area contributed by atoms with Gasteiger partial charge in [0, 0.05) is 22.7 Å². The van der Waals surface area contributed by atoms with Crippen LogP contribution in [0.2, 0.25) is 15.1 Å². The zero-order chi connectivity index (χ0) is 24.0. The molecule has 1 unspecified atom stereocenters. The normalized spacial score (nSPS) is 17.5. The van der Waals surface area contributed by atoms with Crippen molar-refractivity contribution in [1.29, 1.82) is 0 Å². The van der Waals surface area contributed by atoms with E-state index in [1.165, 1.54) is 30.3 Å². The van der Waals surface area contributed by atoms with Crippen LogP contribution >= 0.6 is 34.8 Å². The summed E-state index contributed by atoms with van der Waals surface area (Å²) >= 11 is 19.0. The summed E-state index contributed by atoms with van der Waals surface area (Å²) in [6, 6.07) is 5.87. The van der Waals surface area contributed by atoms with Gasteiger partial charge in [-0.2, -0.15) is 0 Å². The maximum absolute atomic E-state index is 14.0. The number of ketones is 1. The van der Waals surface area contributed by atoms with Crippen LogP contribution in [0.25, 0.3) is 0 Å². The van der Waals surface area contributed by atoms with E-state index in [-0.39, 0.29) is 38.4 Å². The van der Waals surface area contributed by atoms with Crippen LogP contribution < -0.4 is 0 Å². The van der Waals surface area contributed by atoms with Gasteiger partial charge in [-0.05, 0) is 37.6 Å². The zero-order valence-corrected chi connectivity index (χ0v) is 19.8. The van der Waals surface area contributed by atoms with Gasteiger partial charge in [0.2, 0.25) is 0 Å². The number of Topliss-reactive ketones (excluding diaryl/α,β-unsaturated/α-hetero) is 1. The van der Waals surface area contributed by atoms with Crippen LogP contribution in [0, 0.1) is 6.92 Å². The molecule has 0 radical (unpaired) electrons. The molecule has 0 fully saturated rings. The van der Waals surface area contributed by atoms with Gasteiger partial charge in [-0.25, -0.2) is 9.78 Å². The number of rotatable bonds is 4. The summed E-state index contributed by atoms with van der Waals surface area (Å²) < 4.78 is 0. The number of nitrogens with one attached hydrogen (secondary N) is 1. The van der Waals surface area contributed by atoms with Crippen LogP contribution in [0.15, 0.2) is 36.7 Å². The first-order valence-corrected chi connectivity index (χ1v) is 11.1. The molecule has 7 nitrogen and oxygen atoms in total. The molecule has 1 amide bonds. The zero-order valence-electron chi connectivity index (χ0n) is 17.5. The summed E-state index contributed by atoms with van der Waals surface area (Å²) in [4.78, 5) is 47.4. The number of halogens is 3. The quantitative estimate of drug-likeness (QED) is 0.511. The minimum atomic E-state index is -1.28. The van der Waals surface area contributed by atoms with E-state index in [0.717, 1.165) is 0 Å². The van der Waals surface area contributed by atoms with E-state index in [0.29, 0.717) is 22.5 Å². The number of hydrogen-bond acceptors (Lipinski definition) is 4. The Balaban J connectivity index is 1.98. The van der Waals surface area contributed by atoms with Crippen LogP contribution in [0.1, 0.15) is 56.2 Å². The molecule has 10 heteroatoms. The molecule has 0 aliphatic carbocycles. The number of amides is 1. The highest BCUT2D eigenvalue weighted by atomic mass is 35.5. The summed E-state index contributed by atoms with van der Waals surface area (Å²) in [6.07, 6.45) is 1.67. The van der Waals surface area contributed by atoms with E-state index in [1.807, 2.05) is 0 Å². The number of aromatic carboxylic acids is 1. The maximum Gasteiger partial charge on any atom is 0.336 e. The minimum Gasteiger partial charge on any atom is -0.478 e. The number of carboxylic acid groups (broad SMARTS) is 1. The second kappa shape index (κ2) is 8.82. The maximum atomic E-state index is 14.0. The highest BCUT2D eigenvalue weighted by molar-refractivity contribution is 6.42. The van der Waals surface area contributed by atoms with Crippen LogP contribution in [0.4, 0.5) is 0 Å². The van der Waals surface area contributed by atoms with E-state index in [1.54, 1.807) is 25.1 Å². The fourth-order valence-electron chi connectivity index (χ4n) is 4.14. The molecule has 170 valence electrons. The Kier molecular flexibility index (Phi) is 6.22. The van der Waals surface area contributed by atoms with Gasteiger partial charge in [-0.3, -0.25) is 9.59 Å². The smallest absolute Gasteiger partial charge is 0.336 e. The second-order valence-electron chi connectivity index (χ2n) is 7.81. The molecule has 3 aromatic rings. The largest absolute Gasteiger partial charge is 0.478 e. The van der Waals surface area contributed by atoms with Crippen LogP contribution in [0.3, 0.4) is 0 Å². The van der Waals surface area contributed by atoms with Crippen molar-refractivity contribution in [2.45, 2.75) is 32.4 Å². The van der Waals surface area contributed by atoms with Crippen LogP contribution in [-0.2, 0) is 11.2 Å². The van der Waals surface area contributed by atoms with Crippen molar-refractivity contribution in [3.63, 3.8) is 0 Å². The predicted molar refractivity (Wildman–Crippen MR) is 124 cm³/mol. The average Bonchev–Trinajstić information content (AvgIpc) is 3.24. The molecule has 1 aliphatic rings. The lowest BCUT2D eigenvalue weighted by atomic mass is 9.88. The number of H-pyrrole nitrogens is 1. The summed E-state index contributed by atoms with van der Waals surface area (Å²) in [5, 5.41) is 10.5. The Morgan fingerprint density at radius 1 is 1.12 bits per heavy atom. The van der Waals surface area contributed by atoms with Crippen molar-refractivity contribution in [3.8, 4) is 0 Å². The lowest BCUT2D eigenvalue weighted by Crippen LogP contribution is -2.51. The van der Waals surface area contributed by atoms with Crippen molar-refractivity contribution in [1.82, 2.24) is 14.9 Å². The Hall–Kier alpha value is -2.87. The Bertz CT molecular complexity index is 1300. The van der Waals surface area contributed by atoms with Gasteiger partial charge in [0.05, 0.1) is 39.2 Å². The van der Waals surface area contributed by atoms with Crippen molar-refractivity contribution >= 4 is 52.5 Å². The molecule has 2 atom stereocenters. The number of aromatic nitrogens is 2.